The number of rotatable bonds is 6. The largest absolute Gasteiger partial charge is 0.489 e. The second kappa shape index (κ2) is 6.70. The number of likely N-dealkylation sites (N-methyl/N-ethyl adjacent to an activating group) is 1. The molecule has 0 amide bonds. The number of para-hydroxylation sites is 1. The predicted molar refractivity (Wildman–Crippen MR) is 77.8 cm³/mol. The summed E-state index contributed by atoms with van der Waals surface area (Å²) < 4.78 is 5.84. The van der Waals surface area contributed by atoms with Crippen molar-refractivity contribution in [2.75, 3.05) is 13.7 Å². The highest BCUT2D eigenvalue weighted by Gasteiger charge is 2.06. The van der Waals surface area contributed by atoms with Crippen molar-refractivity contribution in [3.05, 3.63) is 65.9 Å². The average Bonchev–Trinajstić information content (AvgIpc) is 2.40. The van der Waals surface area contributed by atoms with Crippen LogP contribution in [-0.2, 0) is 0 Å². The van der Waals surface area contributed by atoms with E-state index in [0.717, 1.165) is 28.2 Å². The lowest BCUT2D eigenvalue weighted by Gasteiger charge is -2.15. The number of ether oxygens (including phenoxy) is 1. The van der Waals surface area contributed by atoms with E-state index in [2.05, 4.69) is 18.5 Å². The van der Waals surface area contributed by atoms with Crippen LogP contribution < -0.4 is 10.1 Å². The quantitative estimate of drug-likeness (QED) is 0.771. The summed E-state index contributed by atoms with van der Waals surface area (Å²) in [5.41, 5.74) is 4.10. The fraction of sp³-hybridized carbons (Fsp3) is 0.250. The molecule has 0 aliphatic heterocycles. The van der Waals surface area contributed by atoms with Crippen LogP contribution in [0.1, 0.15) is 12.5 Å². The molecule has 0 saturated carbocycles. The van der Waals surface area contributed by atoms with Crippen molar-refractivity contribution >= 4 is 0 Å². The molecule has 0 unspecified atom stereocenters. The molecule has 0 fully saturated rings. The van der Waals surface area contributed by atoms with Crippen LogP contribution in [0.15, 0.2) is 60.3 Å². The molecule has 0 atom stereocenters. The Morgan fingerprint density at radius 2 is 2.06 bits per heavy atom. The van der Waals surface area contributed by atoms with E-state index in [1.54, 1.807) is 0 Å². The van der Waals surface area contributed by atoms with Gasteiger partial charge in [0.15, 0.2) is 0 Å². The van der Waals surface area contributed by atoms with Crippen LogP contribution in [0.4, 0.5) is 0 Å². The van der Waals surface area contributed by atoms with Gasteiger partial charge in [-0.05, 0) is 31.1 Å². The van der Waals surface area contributed by atoms with Gasteiger partial charge >= 0.3 is 0 Å². The van der Waals surface area contributed by atoms with Gasteiger partial charge in [0.05, 0.1) is 0 Å². The zero-order valence-electron chi connectivity index (χ0n) is 11.4. The Labute approximate surface area is 110 Å². The monoisotopic (exact) mass is 243 g/mol. The Hall–Kier alpha value is -1.96. The minimum Gasteiger partial charge on any atom is -0.489 e. The Morgan fingerprint density at radius 1 is 1.39 bits per heavy atom. The normalized spacial score (nSPS) is 11.5. The zero-order chi connectivity index (χ0) is 13.5. The highest BCUT2D eigenvalue weighted by Crippen LogP contribution is 2.19. The van der Waals surface area contributed by atoms with Crippen LogP contribution in [0.3, 0.4) is 0 Å². The van der Waals surface area contributed by atoms with Gasteiger partial charge in [0, 0.05) is 18.3 Å². The molecule has 0 aromatic heterocycles. The van der Waals surface area contributed by atoms with Crippen LogP contribution in [0.2, 0.25) is 0 Å². The fourth-order valence-corrected chi connectivity index (χ4v) is 1.58. The van der Waals surface area contributed by atoms with Crippen LogP contribution in [-0.4, -0.2) is 13.7 Å². The Morgan fingerprint density at radius 3 is 2.61 bits per heavy atom. The summed E-state index contributed by atoms with van der Waals surface area (Å²) in [5, 5.41) is 3.05. The van der Waals surface area contributed by atoms with Crippen molar-refractivity contribution in [1.82, 2.24) is 5.32 Å². The van der Waals surface area contributed by atoms with Gasteiger partial charge in [-0.15, -0.1) is 0 Å². The summed E-state index contributed by atoms with van der Waals surface area (Å²) >= 11 is 0. The average molecular weight is 243 g/mol. The molecular weight excluding hydrogens is 222 g/mol. The third-order valence-corrected chi connectivity index (χ3v) is 2.91. The summed E-state index contributed by atoms with van der Waals surface area (Å²) in [7, 11) is 1.85. The molecule has 0 saturated heterocycles. The first kappa shape index (κ1) is 14.1. The molecule has 1 N–H and O–H groups in total. The van der Waals surface area contributed by atoms with Crippen LogP contribution >= 0.6 is 0 Å². The van der Waals surface area contributed by atoms with Crippen molar-refractivity contribution in [3.8, 4) is 5.75 Å². The topological polar surface area (TPSA) is 21.3 Å². The first-order chi connectivity index (χ1) is 8.60. The van der Waals surface area contributed by atoms with Crippen molar-refractivity contribution in [3.63, 3.8) is 0 Å². The van der Waals surface area contributed by atoms with Gasteiger partial charge in [0.2, 0.25) is 0 Å². The summed E-state index contributed by atoms with van der Waals surface area (Å²) in [6.07, 6.45) is 1.82. The third-order valence-electron chi connectivity index (χ3n) is 2.91. The second-order valence-electron chi connectivity index (χ2n) is 4.15. The molecule has 0 heterocycles. The van der Waals surface area contributed by atoms with Crippen LogP contribution in [0.5, 0.6) is 5.75 Å². The highest BCUT2D eigenvalue weighted by molar-refractivity contribution is 5.38. The molecule has 0 aliphatic carbocycles. The maximum atomic E-state index is 5.84. The molecular formula is C16H21NO. The SMILES string of the molecule is C=C/C(C)=C(/COc1ccccc1C)C(=C)NC. The zero-order valence-corrected chi connectivity index (χ0v) is 11.4. The minimum atomic E-state index is 0.488. The Kier molecular flexibility index (Phi) is 5.25. The van der Waals surface area contributed by atoms with Gasteiger partial charge in [-0.1, -0.05) is 37.4 Å². The number of hydrogen-bond donors (Lipinski definition) is 1. The van der Waals surface area contributed by atoms with Crippen molar-refractivity contribution in [2.45, 2.75) is 13.8 Å². The van der Waals surface area contributed by atoms with E-state index in [1.165, 1.54) is 0 Å². The van der Waals surface area contributed by atoms with Crippen molar-refractivity contribution < 1.29 is 4.74 Å². The first-order valence-corrected chi connectivity index (χ1v) is 5.97. The third kappa shape index (κ3) is 3.52. The smallest absolute Gasteiger partial charge is 0.122 e. The van der Waals surface area contributed by atoms with E-state index in [-0.39, 0.29) is 0 Å². The maximum absolute atomic E-state index is 5.84. The number of nitrogens with one attached hydrogen (secondary N) is 1. The Balaban J connectivity index is 2.85. The fourth-order valence-electron chi connectivity index (χ4n) is 1.58. The predicted octanol–water partition coefficient (Wildman–Crippen LogP) is 3.61. The van der Waals surface area contributed by atoms with Crippen LogP contribution in [0, 0.1) is 6.92 Å². The molecule has 1 rings (SSSR count). The lowest BCUT2D eigenvalue weighted by molar-refractivity contribution is 0.349. The van der Waals surface area contributed by atoms with E-state index in [4.69, 9.17) is 4.74 Å². The molecule has 0 radical (unpaired) electrons. The Bertz CT molecular complexity index is 472. The van der Waals surface area contributed by atoms with E-state index < -0.39 is 0 Å². The molecule has 18 heavy (non-hydrogen) atoms. The summed E-state index contributed by atoms with van der Waals surface area (Å²) in [6, 6.07) is 7.98. The lowest BCUT2D eigenvalue weighted by Crippen LogP contribution is -2.14. The molecule has 96 valence electrons. The van der Waals surface area contributed by atoms with Gasteiger partial charge in [-0.25, -0.2) is 0 Å². The number of aryl methyl sites for hydroxylation is 1. The maximum Gasteiger partial charge on any atom is 0.122 e. The summed E-state index contributed by atoms with van der Waals surface area (Å²) in [4.78, 5) is 0. The summed E-state index contributed by atoms with van der Waals surface area (Å²) in [6.45, 7) is 12.3. The first-order valence-electron chi connectivity index (χ1n) is 5.97. The van der Waals surface area contributed by atoms with Gasteiger partial charge in [0.25, 0.3) is 0 Å². The molecule has 2 nitrogen and oxygen atoms in total. The molecule has 0 spiro atoms. The van der Waals surface area contributed by atoms with E-state index in [0.29, 0.717) is 6.61 Å². The van der Waals surface area contributed by atoms with E-state index in [1.807, 2.05) is 51.2 Å². The number of hydrogen-bond acceptors (Lipinski definition) is 2. The molecule has 1 aromatic carbocycles. The van der Waals surface area contributed by atoms with Gasteiger partial charge in [-0.2, -0.15) is 0 Å². The van der Waals surface area contributed by atoms with Crippen LogP contribution in [0.25, 0.3) is 0 Å². The molecule has 2 heteroatoms. The highest BCUT2D eigenvalue weighted by atomic mass is 16.5. The molecule has 1 aromatic rings. The van der Waals surface area contributed by atoms with Crippen molar-refractivity contribution in [1.29, 1.82) is 0 Å². The number of allylic oxidation sites excluding steroid dienone is 2. The van der Waals surface area contributed by atoms with Gasteiger partial charge in [-0.3, -0.25) is 0 Å². The number of benzene rings is 1. The van der Waals surface area contributed by atoms with E-state index >= 15 is 0 Å². The summed E-state index contributed by atoms with van der Waals surface area (Å²) in [5.74, 6) is 0.899. The van der Waals surface area contributed by atoms with Gasteiger partial charge in [0.1, 0.15) is 12.4 Å². The molecule has 0 bridgehead atoms. The minimum absolute atomic E-state index is 0.488. The lowest BCUT2D eigenvalue weighted by atomic mass is 10.1. The second-order valence-corrected chi connectivity index (χ2v) is 4.15. The van der Waals surface area contributed by atoms with E-state index in [9.17, 15) is 0 Å². The standard InChI is InChI=1S/C16H21NO/c1-6-12(2)15(14(4)17-5)11-18-16-10-8-7-9-13(16)3/h6-10,17H,1,4,11H2,2-3,5H3/b15-12-. The van der Waals surface area contributed by atoms with Crippen molar-refractivity contribution in [2.24, 2.45) is 0 Å². The molecule has 0 aliphatic rings. The van der Waals surface area contributed by atoms with Gasteiger partial charge < -0.3 is 10.1 Å².